The molecule has 1 aromatic heterocycles. The first-order chi connectivity index (χ1) is 10.7. The minimum absolute atomic E-state index is 0.000400. The first kappa shape index (κ1) is 14.8. The summed E-state index contributed by atoms with van der Waals surface area (Å²) in [6.45, 7) is 2.83. The fourth-order valence-corrected chi connectivity index (χ4v) is 2.70. The van der Waals surface area contributed by atoms with Crippen molar-refractivity contribution in [3.8, 4) is 0 Å². The second kappa shape index (κ2) is 6.30. The molecule has 2 aromatic rings. The zero-order valence-corrected chi connectivity index (χ0v) is 13.0. The van der Waals surface area contributed by atoms with E-state index in [0.29, 0.717) is 6.42 Å². The predicted octanol–water partition coefficient (Wildman–Crippen LogP) is 2.26. The van der Waals surface area contributed by atoms with Gasteiger partial charge in [0.15, 0.2) is 0 Å². The topological polar surface area (TPSA) is 59.8 Å². The Morgan fingerprint density at radius 1 is 1.32 bits per heavy atom. The van der Waals surface area contributed by atoms with Gasteiger partial charge in [-0.05, 0) is 38.2 Å². The Kier molecular flexibility index (Phi) is 4.22. The van der Waals surface area contributed by atoms with E-state index < -0.39 is 0 Å². The smallest absolute Gasteiger partial charge is 0.220 e. The first-order valence-corrected chi connectivity index (χ1v) is 7.84. The second-order valence-electron chi connectivity index (χ2n) is 6.25. The van der Waals surface area contributed by atoms with E-state index in [-0.39, 0.29) is 11.4 Å². The zero-order chi connectivity index (χ0) is 15.4. The maximum Gasteiger partial charge on any atom is 0.220 e. The van der Waals surface area contributed by atoms with Gasteiger partial charge in [0, 0.05) is 18.5 Å². The molecule has 5 nitrogen and oxygen atoms in total. The molecule has 0 aliphatic heterocycles. The Labute approximate surface area is 130 Å². The number of amides is 1. The number of hydrogen-bond donors (Lipinski definition) is 1. The van der Waals surface area contributed by atoms with E-state index >= 15 is 0 Å². The van der Waals surface area contributed by atoms with E-state index in [1.54, 1.807) is 11.0 Å². The fourth-order valence-electron chi connectivity index (χ4n) is 2.70. The van der Waals surface area contributed by atoms with Crippen molar-refractivity contribution < 1.29 is 4.79 Å². The standard InChI is InChI=1S/C17H22N4O/c1-14-4-6-15(7-5-14)11-17(8-9-17)20-16(22)3-2-10-21-13-18-12-19-21/h4-7,12-13H,2-3,8-11H2,1H3,(H,20,22). The van der Waals surface area contributed by atoms with Crippen molar-refractivity contribution in [3.05, 3.63) is 48.0 Å². The highest BCUT2D eigenvalue weighted by Crippen LogP contribution is 2.38. The van der Waals surface area contributed by atoms with Gasteiger partial charge in [0.25, 0.3) is 0 Å². The van der Waals surface area contributed by atoms with Gasteiger partial charge in [0.1, 0.15) is 12.7 Å². The van der Waals surface area contributed by atoms with Crippen LogP contribution in [0, 0.1) is 6.92 Å². The highest BCUT2D eigenvalue weighted by molar-refractivity contribution is 5.77. The van der Waals surface area contributed by atoms with Crippen LogP contribution < -0.4 is 5.32 Å². The Bertz CT molecular complexity index is 615. The van der Waals surface area contributed by atoms with Crippen LogP contribution in [0.25, 0.3) is 0 Å². The molecule has 1 amide bonds. The van der Waals surface area contributed by atoms with Gasteiger partial charge in [-0.1, -0.05) is 29.8 Å². The average Bonchev–Trinajstić information content (AvgIpc) is 3.03. The van der Waals surface area contributed by atoms with Crippen LogP contribution in [-0.4, -0.2) is 26.2 Å². The van der Waals surface area contributed by atoms with Crippen LogP contribution in [0.4, 0.5) is 0 Å². The third kappa shape index (κ3) is 3.93. The van der Waals surface area contributed by atoms with E-state index in [2.05, 4.69) is 46.6 Å². The van der Waals surface area contributed by atoms with E-state index in [1.165, 1.54) is 17.5 Å². The molecule has 116 valence electrons. The molecule has 1 heterocycles. The molecule has 0 saturated heterocycles. The third-order valence-corrected chi connectivity index (χ3v) is 4.18. The quantitative estimate of drug-likeness (QED) is 0.853. The van der Waals surface area contributed by atoms with Crippen LogP contribution in [0.3, 0.4) is 0 Å². The van der Waals surface area contributed by atoms with Gasteiger partial charge in [-0.3, -0.25) is 9.48 Å². The minimum Gasteiger partial charge on any atom is -0.350 e. The van der Waals surface area contributed by atoms with Crippen molar-refractivity contribution in [2.24, 2.45) is 0 Å². The van der Waals surface area contributed by atoms with Gasteiger partial charge in [0.2, 0.25) is 5.91 Å². The summed E-state index contributed by atoms with van der Waals surface area (Å²) in [6.07, 6.45) is 7.61. The summed E-state index contributed by atoms with van der Waals surface area (Å²) in [5.74, 6) is 0.143. The lowest BCUT2D eigenvalue weighted by atomic mass is 10.0. The molecular formula is C17H22N4O. The van der Waals surface area contributed by atoms with E-state index in [0.717, 1.165) is 32.2 Å². The predicted molar refractivity (Wildman–Crippen MR) is 84.2 cm³/mol. The molecule has 3 rings (SSSR count). The third-order valence-electron chi connectivity index (χ3n) is 4.18. The van der Waals surface area contributed by atoms with Gasteiger partial charge in [-0.25, -0.2) is 4.98 Å². The normalized spacial score (nSPS) is 15.5. The molecule has 1 aliphatic carbocycles. The van der Waals surface area contributed by atoms with E-state index in [1.807, 2.05) is 0 Å². The number of aromatic nitrogens is 3. The lowest BCUT2D eigenvalue weighted by Gasteiger charge is -2.17. The average molecular weight is 298 g/mol. The van der Waals surface area contributed by atoms with Gasteiger partial charge >= 0.3 is 0 Å². The Morgan fingerprint density at radius 3 is 2.73 bits per heavy atom. The maximum absolute atomic E-state index is 12.1. The monoisotopic (exact) mass is 298 g/mol. The molecule has 22 heavy (non-hydrogen) atoms. The van der Waals surface area contributed by atoms with Gasteiger partial charge in [-0.2, -0.15) is 5.10 Å². The van der Waals surface area contributed by atoms with Gasteiger partial charge < -0.3 is 5.32 Å². The molecule has 0 spiro atoms. The summed E-state index contributed by atoms with van der Waals surface area (Å²) in [4.78, 5) is 16.0. The summed E-state index contributed by atoms with van der Waals surface area (Å²) < 4.78 is 1.76. The van der Waals surface area contributed by atoms with Crippen LogP contribution >= 0.6 is 0 Å². The van der Waals surface area contributed by atoms with Crippen molar-refractivity contribution in [1.82, 2.24) is 20.1 Å². The van der Waals surface area contributed by atoms with Crippen LogP contribution in [0.2, 0.25) is 0 Å². The van der Waals surface area contributed by atoms with Gasteiger partial charge in [0.05, 0.1) is 0 Å². The Balaban J connectivity index is 1.45. The summed E-state index contributed by atoms with van der Waals surface area (Å²) >= 11 is 0. The number of rotatable bonds is 7. The van der Waals surface area contributed by atoms with Crippen molar-refractivity contribution in [2.45, 2.75) is 51.1 Å². The summed E-state index contributed by atoms with van der Waals surface area (Å²) in [6, 6.07) is 8.58. The summed E-state index contributed by atoms with van der Waals surface area (Å²) in [7, 11) is 0. The zero-order valence-electron chi connectivity index (χ0n) is 13.0. The number of hydrogen-bond acceptors (Lipinski definition) is 3. The van der Waals surface area contributed by atoms with Crippen LogP contribution in [-0.2, 0) is 17.8 Å². The summed E-state index contributed by atoms with van der Waals surface area (Å²) in [5.41, 5.74) is 2.57. The fraction of sp³-hybridized carbons (Fsp3) is 0.471. The number of nitrogens with zero attached hydrogens (tertiary/aromatic N) is 3. The lowest BCUT2D eigenvalue weighted by Crippen LogP contribution is -2.38. The molecule has 1 fully saturated rings. The minimum atomic E-state index is -0.000400. The molecule has 0 radical (unpaired) electrons. The van der Waals surface area contributed by atoms with E-state index in [9.17, 15) is 4.79 Å². The maximum atomic E-state index is 12.1. The summed E-state index contributed by atoms with van der Waals surface area (Å²) in [5, 5.41) is 7.26. The molecule has 1 saturated carbocycles. The molecule has 1 N–H and O–H groups in total. The lowest BCUT2D eigenvalue weighted by molar-refractivity contribution is -0.122. The van der Waals surface area contributed by atoms with Crippen LogP contribution in [0.5, 0.6) is 0 Å². The molecule has 0 atom stereocenters. The number of aryl methyl sites for hydroxylation is 2. The highest BCUT2D eigenvalue weighted by atomic mass is 16.1. The number of carbonyl (C=O) groups is 1. The van der Waals surface area contributed by atoms with Crippen molar-refractivity contribution in [2.75, 3.05) is 0 Å². The SMILES string of the molecule is Cc1ccc(CC2(NC(=O)CCCn3cncn3)CC2)cc1. The number of benzene rings is 1. The largest absolute Gasteiger partial charge is 0.350 e. The van der Waals surface area contributed by atoms with Crippen molar-refractivity contribution >= 4 is 5.91 Å². The molecule has 5 heteroatoms. The molecule has 0 bridgehead atoms. The molecule has 1 aliphatic rings. The number of nitrogens with one attached hydrogen (secondary N) is 1. The Morgan fingerprint density at radius 2 is 2.09 bits per heavy atom. The van der Waals surface area contributed by atoms with Crippen molar-refractivity contribution in [3.63, 3.8) is 0 Å². The molecular weight excluding hydrogens is 276 g/mol. The second-order valence-corrected chi connectivity index (χ2v) is 6.25. The molecule has 1 aromatic carbocycles. The van der Waals surface area contributed by atoms with Crippen LogP contribution in [0.1, 0.15) is 36.8 Å². The number of carbonyl (C=O) groups excluding carboxylic acids is 1. The van der Waals surface area contributed by atoms with Crippen molar-refractivity contribution in [1.29, 1.82) is 0 Å². The first-order valence-electron chi connectivity index (χ1n) is 7.84. The Hall–Kier alpha value is -2.17. The van der Waals surface area contributed by atoms with E-state index in [4.69, 9.17) is 0 Å². The highest BCUT2D eigenvalue weighted by Gasteiger charge is 2.43. The van der Waals surface area contributed by atoms with Crippen LogP contribution in [0.15, 0.2) is 36.9 Å². The van der Waals surface area contributed by atoms with Gasteiger partial charge in [-0.15, -0.1) is 0 Å². The molecule has 0 unspecified atom stereocenters.